The fourth-order valence-electron chi connectivity index (χ4n) is 6.69. The van der Waals surface area contributed by atoms with E-state index in [1.807, 2.05) is 37.4 Å². The second-order valence-electron chi connectivity index (χ2n) is 14.3. The van der Waals surface area contributed by atoms with Gasteiger partial charge in [-0.3, -0.25) is 10.1 Å². The van der Waals surface area contributed by atoms with Crippen molar-refractivity contribution in [2.24, 2.45) is 4.99 Å². The normalized spacial score (nSPS) is 19.0. The minimum Gasteiger partial charge on any atom is -0.454 e. The maximum absolute atomic E-state index is 16.5. The van der Waals surface area contributed by atoms with Crippen molar-refractivity contribution >= 4 is 60.3 Å². The molecule has 4 aromatic carbocycles. The van der Waals surface area contributed by atoms with E-state index in [1.54, 1.807) is 54.0 Å². The Hall–Kier alpha value is -4.79. The number of thioether (sulfide) groups is 1. The first kappa shape index (κ1) is 38.5. The standard InChI is InChI=1S/C41H39BrF2N6O3S2/c1-40(2)25-54-18-16-41(3,26-9-8-10-28(42)19-26)39(45)48-38(46-4)32-20-29(13-14-34(32)43)53-37-33(24-49-23-27(40)22-47-49)31-15-17-50(36(31)21-35(37)44)55(51,52)30-11-6-5-7-12-30/h5-15,17,19-23H,16,18,24-25H2,1-4H3,(H2,45,46,48). The summed E-state index contributed by atoms with van der Waals surface area (Å²) in [7, 11) is -2.48. The molecule has 0 spiro atoms. The number of fused-ring (bicyclic) bond motifs is 7. The first-order valence-corrected chi connectivity index (χ1v) is 20.9. The van der Waals surface area contributed by atoms with Crippen LogP contribution >= 0.6 is 27.7 Å². The summed E-state index contributed by atoms with van der Waals surface area (Å²) in [6.45, 7) is 6.28. The zero-order chi connectivity index (χ0) is 39.1. The van der Waals surface area contributed by atoms with Crippen LogP contribution in [0.15, 0.2) is 118 Å². The summed E-state index contributed by atoms with van der Waals surface area (Å²) in [5, 5.41) is 17.4. The minimum atomic E-state index is -4.08. The highest BCUT2D eigenvalue weighted by Gasteiger charge is 2.34. The van der Waals surface area contributed by atoms with Gasteiger partial charge in [0.25, 0.3) is 10.0 Å². The van der Waals surface area contributed by atoms with E-state index in [0.717, 1.165) is 31.4 Å². The van der Waals surface area contributed by atoms with Gasteiger partial charge in [0.2, 0.25) is 0 Å². The number of amidine groups is 2. The molecule has 7 rings (SSSR count). The number of ether oxygens (including phenoxy) is 1. The minimum absolute atomic E-state index is 0.0234. The summed E-state index contributed by atoms with van der Waals surface area (Å²) in [5.74, 6) is 0.0818. The molecule has 0 saturated heterocycles. The molecular weight excluding hydrogens is 807 g/mol. The second kappa shape index (κ2) is 15.0. The van der Waals surface area contributed by atoms with Crippen LogP contribution in [0.2, 0.25) is 0 Å². The summed E-state index contributed by atoms with van der Waals surface area (Å²) < 4.78 is 69.6. The van der Waals surface area contributed by atoms with Crippen LogP contribution in [0.3, 0.4) is 0 Å². The Morgan fingerprint density at radius 1 is 0.964 bits per heavy atom. The molecule has 9 nitrogen and oxygen atoms in total. The molecule has 14 heteroatoms. The van der Waals surface area contributed by atoms with Crippen molar-refractivity contribution < 1.29 is 21.9 Å². The summed E-state index contributed by atoms with van der Waals surface area (Å²) in [6, 6.07) is 22.5. The first-order valence-electron chi connectivity index (χ1n) is 17.5. The van der Waals surface area contributed by atoms with E-state index in [2.05, 4.69) is 45.2 Å². The molecule has 1 aliphatic rings. The average molecular weight is 846 g/mol. The molecule has 0 radical (unpaired) electrons. The van der Waals surface area contributed by atoms with Crippen LogP contribution in [-0.4, -0.2) is 52.4 Å². The summed E-state index contributed by atoms with van der Waals surface area (Å²) in [5.41, 5.74) is 1.20. The van der Waals surface area contributed by atoms with E-state index in [1.165, 1.54) is 36.5 Å². The van der Waals surface area contributed by atoms with Crippen LogP contribution in [0.25, 0.3) is 10.9 Å². The number of aliphatic imine (C=N–C) groups is 1. The zero-order valence-electron chi connectivity index (χ0n) is 30.6. The molecule has 2 aromatic heterocycles. The summed E-state index contributed by atoms with van der Waals surface area (Å²) in [6.07, 6.45) is 5.69. The van der Waals surface area contributed by atoms with Crippen molar-refractivity contribution in [1.29, 1.82) is 5.41 Å². The van der Waals surface area contributed by atoms with E-state index in [9.17, 15) is 13.8 Å². The van der Waals surface area contributed by atoms with Gasteiger partial charge in [0, 0.05) is 52.1 Å². The topological polar surface area (TPSA) is 114 Å². The number of halogens is 3. The average Bonchev–Trinajstić information content (AvgIpc) is 3.83. The molecule has 0 aliphatic carbocycles. The predicted octanol–water partition coefficient (Wildman–Crippen LogP) is 9.27. The van der Waals surface area contributed by atoms with Crippen LogP contribution in [0.4, 0.5) is 8.78 Å². The molecule has 0 saturated carbocycles. The molecule has 0 fully saturated rings. The van der Waals surface area contributed by atoms with E-state index in [-0.39, 0.29) is 51.1 Å². The summed E-state index contributed by atoms with van der Waals surface area (Å²) in [4.78, 5) is 4.74. The van der Waals surface area contributed by atoms with Gasteiger partial charge in [0.15, 0.2) is 11.6 Å². The Bertz CT molecular complexity index is 2570. The highest BCUT2D eigenvalue weighted by molar-refractivity contribution is 9.10. The van der Waals surface area contributed by atoms with Gasteiger partial charge >= 0.3 is 0 Å². The van der Waals surface area contributed by atoms with Gasteiger partial charge < -0.3 is 10.1 Å². The van der Waals surface area contributed by atoms with Crippen molar-refractivity contribution in [3.05, 3.63) is 142 Å². The Kier molecular flexibility index (Phi) is 10.5. The number of nitrogens with one attached hydrogen (secondary N) is 2. The van der Waals surface area contributed by atoms with Gasteiger partial charge in [0.1, 0.15) is 23.2 Å². The molecule has 1 aliphatic heterocycles. The largest absolute Gasteiger partial charge is 0.454 e. The lowest BCUT2D eigenvalue weighted by Crippen LogP contribution is -2.34. The van der Waals surface area contributed by atoms with Gasteiger partial charge in [0.05, 0.1) is 34.1 Å². The van der Waals surface area contributed by atoms with Gasteiger partial charge in [-0.2, -0.15) is 16.9 Å². The lowest BCUT2D eigenvalue weighted by atomic mass is 9.79. The van der Waals surface area contributed by atoms with Crippen molar-refractivity contribution in [3.63, 3.8) is 0 Å². The maximum atomic E-state index is 16.5. The Morgan fingerprint density at radius 2 is 1.75 bits per heavy atom. The van der Waals surface area contributed by atoms with Crippen LogP contribution in [0.5, 0.6) is 11.5 Å². The van der Waals surface area contributed by atoms with Crippen molar-refractivity contribution in [2.75, 3.05) is 18.6 Å². The van der Waals surface area contributed by atoms with Crippen LogP contribution in [-0.2, 0) is 27.4 Å². The Labute approximate surface area is 331 Å². The van der Waals surface area contributed by atoms with Crippen molar-refractivity contribution in [3.8, 4) is 11.5 Å². The number of hydrogen-bond acceptors (Lipinski definition) is 7. The molecule has 1 unspecified atom stereocenters. The second-order valence-corrected chi connectivity index (χ2v) is 18.1. The van der Waals surface area contributed by atoms with E-state index in [4.69, 9.17) is 4.74 Å². The number of hydrogen-bond donors (Lipinski definition) is 2. The Balaban J connectivity index is 1.40. The van der Waals surface area contributed by atoms with Gasteiger partial charge in [-0.25, -0.2) is 26.2 Å². The number of aromatic nitrogens is 3. The molecular formula is C41H39BrF2N6O3S2. The molecule has 1 atom stereocenters. The van der Waals surface area contributed by atoms with Crippen LogP contribution in [0.1, 0.15) is 49.4 Å². The molecule has 2 N–H and O–H groups in total. The monoisotopic (exact) mass is 844 g/mol. The molecule has 6 aromatic rings. The molecule has 55 heavy (non-hydrogen) atoms. The number of rotatable bonds is 3. The van der Waals surface area contributed by atoms with Crippen molar-refractivity contribution in [1.82, 2.24) is 19.1 Å². The SMILES string of the molecule is CN/C1=N\C(=N)C(C)(c2cccc(Br)c2)CCSCC(C)(C)c2cnn(c2)Cc2c(c(F)cc3c2ccn3S(=O)(=O)c2ccccc2)Oc2ccc(F)c1c2. The van der Waals surface area contributed by atoms with Crippen LogP contribution in [0, 0.1) is 17.0 Å². The zero-order valence-corrected chi connectivity index (χ0v) is 33.8. The summed E-state index contributed by atoms with van der Waals surface area (Å²) >= 11 is 5.33. The Morgan fingerprint density at radius 3 is 2.49 bits per heavy atom. The lowest BCUT2D eigenvalue weighted by Gasteiger charge is -2.30. The molecule has 0 amide bonds. The quantitative estimate of drug-likeness (QED) is 0.184. The third-order valence-electron chi connectivity index (χ3n) is 10.1. The number of nitrogens with zero attached hydrogens (tertiary/aromatic N) is 4. The van der Waals surface area contributed by atoms with Crippen LogP contribution < -0.4 is 10.1 Å². The van der Waals surface area contributed by atoms with E-state index < -0.39 is 27.1 Å². The highest BCUT2D eigenvalue weighted by atomic mass is 79.9. The maximum Gasteiger partial charge on any atom is 0.268 e. The lowest BCUT2D eigenvalue weighted by molar-refractivity contribution is 0.433. The number of benzene rings is 4. The van der Waals surface area contributed by atoms with Crippen molar-refractivity contribution in [2.45, 2.75) is 49.5 Å². The third kappa shape index (κ3) is 7.47. The first-order chi connectivity index (χ1) is 26.2. The fourth-order valence-corrected chi connectivity index (χ4v) is 9.82. The van der Waals surface area contributed by atoms with Gasteiger partial charge in [-0.05, 0) is 78.8 Å². The van der Waals surface area contributed by atoms with Gasteiger partial charge in [-0.15, -0.1) is 0 Å². The molecule has 4 bridgehead atoms. The van der Waals surface area contributed by atoms with E-state index >= 15 is 8.78 Å². The smallest absolute Gasteiger partial charge is 0.268 e. The third-order valence-corrected chi connectivity index (χ3v) is 13.7. The van der Waals surface area contributed by atoms with E-state index in [0.29, 0.717) is 23.1 Å². The highest BCUT2D eigenvalue weighted by Crippen LogP contribution is 2.39. The fraction of sp³-hybridized carbons (Fsp3) is 0.244. The van der Waals surface area contributed by atoms with Gasteiger partial charge in [-0.1, -0.05) is 60.1 Å². The predicted molar refractivity (Wildman–Crippen MR) is 219 cm³/mol. The molecule has 284 valence electrons. The molecule has 3 heterocycles.